The van der Waals surface area contributed by atoms with Gasteiger partial charge in [0.15, 0.2) is 0 Å². The van der Waals surface area contributed by atoms with Crippen LogP contribution in [0.1, 0.15) is 26.7 Å². The van der Waals surface area contributed by atoms with Gasteiger partial charge in [0.05, 0.1) is 12.5 Å². The van der Waals surface area contributed by atoms with Crippen LogP contribution < -0.4 is 0 Å². The molecule has 2 aliphatic carbocycles. The lowest BCUT2D eigenvalue weighted by Crippen LogP contribution is -2.08. The molecule has 0 spiro atoms. The summed E-state index contributed by atoms with van der Waals surface area (Å²) in [6, 6.07) is 0. The standard InChI is InChI=1S/C10H16O2/c1-3-12-10(11)9-6(2)8(9)7-4-5-7/h6-9H,3-5H2,1-2H3/t6-,8?,9-/m0/s1. The first-order chi connectivity index (χ1) is 5.75. The molecule has 0 aliphatic heterocycles. The Morgan fingerprint density at radius 2 is 2.17 bits per heavy atom. The molecule has 2 rings (SSSR count). The highest BCUT2D eigenvalue weighted by molar-refractivity contribution is 5.76. The van der Waals surface area contributed by atoms with Crippen LogP contribution in [-0.4, -0.2) is 12.6 Å². The van der Waals surface area contributed by atoms with Crippen molar-refractivity contribution in [3.8, 4) is 0 Å². The lowest BCUT2D eigenvalue weighted by molar-refractivity contribution is -0.145. The molecule has 2 heteroatoms. The van der Waals surface area contributed by atoms with Crippen LogP contribution in [0, 0.1) is 23.7 Å². The Bertz CT molecular complexity index is 196. The minimum atomic E-state index is 0.0434. The second-order valence-corrected chi connectivity index (χ2v) is 4.05. The van der Waals surface area contributed by atoms with E-state index in [-0.39, 0.29) is 11.9 Å². The summed E-state index contributed by atoms with van der Waals surface area (Å²) in [4.78, 5) is 11.3. The molecule has 2 saturated carbocycles. The van der Waals surface area contributed by atoms with Gasteiger partial charge in [0.25, 0.3) is 0 Å². The third-order valence-electron chi connectivity index (χ3n) is 3.17. The Hall–Kier alpha value is -0.530. The van der Waals surface area contributed by atoms with Gasteiger partial charge in [-0.2, -0.15) is 0 Å². The topological polar surface area (TPSA) is 26.3 Å². The number of hydrogen-bond acceptors (Lipinski definition) is 2. The molecule has 0 bridgehead atoms. The Balaban J connectivity index is 1.85. The molecule has 68 valence electrons. The average Bonchev–Trinajstić information content (AvgIpc) is 2.82. The van der Waals surface area contributed by atoms with E-state index in [0.717, 1.165) is 5.92 Å². The smallest absolute Gasteiger partial charge is 0.309 e. The van der Waals surface area contributed by atoms with Crippen molar-refractivity contribution in [2.75, 3.05) is 6.61 Å². The summed E-state index contributed by atoms with van der Waals surface area (Å²) in [5.41, 5.74) is 0. The fourth-order valence-electron chi connectivity index (χ4n) is 2.31. The van der Waals surface area contributed by atoms with Gasteiger partial charge < -0.3 is 4.74 Å². The Morgan fingerprint density at radius 1 is 1.50 bits per heavy atom. The third-order valence-corrected chi connectivity index (χ3v) is 3.17. The summed E-state index contributed by atoms with van der Waals surface area (Å²) in [5, 5.41) is 0. The molecule has 0 heterocycles. The zero-order chi connectivity index (χ0) is 8.72. The Morgan fingerprint density at radius 3 is 2.67 bits per heavy atom. The van der Waals surface area contributed by atoms with Crippen LogP contribution in [-0.2, 0) is 9.53 Å². The molecule has 2 fully saturated rings. The average molecular weight is 168 g/mol. The van der Waals surface area contributed by atoms with E-state index in [1.54, 1.807) is 0 Å². The maximum atomic E-state index is 11.3. The van der Waals surface area contributed by atoms with Crippen LogP contribution in [0.15, 0.2) is 0 Å². The van der Waals surface area contributed by atoms with E-state index < -0.39 is 0 Å². The van der Waals surface area contributed by atoms with E-state index in [9.17, 15) is 4.79 Å². The molecule has 0 aromatic carbocycles. The van der Waals surface area contributed by atoms with Crippen molar-refractivity contribution in [3.63, 3.8) is 0 Å². The van der Waals surface area contributed by atoms with E-state index in [4.69, 9.17) is 4.74 Å². The minimum Gasteiger partial charge on any atom is -0.466 e. The number of esters is 1. The van der Waals surface area contributed by atoms with Crippen molar-refractivity contribution in [3.05, 3.63) is 0 Å². The van der Waals surface area contributed by atoms with Crippen LogP contribution in [0.4, 0.5) is 0 Å². The van der Waals surface area contributed by atoms with Gasteiger partial charge in [-0.15, -0.1) is 0 Å². The quantitative estimate of drug-likeness (QED) is 0.601. The predicted molar refractivity (Wildman–Crippen MR) is 45.5 cm³/mol. The van der Waals surface area contributed by atoms with E-state index in [0.29, 0.717) is 18.4 Å². The molecule has 12 heavy (non-hydrogen) atoms. The van der Waals surface area contributed by atoms with Gasteiger partial charge >= 0.3 is 5.97 Å². The highest BCUT2D eigenvalue weighted by Crippen LogP contribution is 2.58. The fraction of sp³-hybridized carbons (Fsp3) is 0.900. The van der Waals surface area contributed by atoms with E-state index >= 15 is 0 Å². The molecule has 3 atom stereocenters. The molecule has 1 unspecified atom stereocenters. The SMILES string of the molecule is CCOC(=O)[C@@H]1C(C2CC2)[C@@H]1C. The largest absolute Gasteiger partial charge is 0.466 e. The summed E-state index contributed by atoms with van der Waals surface area (Å²) >= 11 is 0. The van der Waals surface area contributed by atoms with Crippen molar-refractivity contribution in [1.29, 1.82) is 0 Å². The van der Waals surface area contributed by atoms with E-state index in [1.807, 2.05) is 6.92 Å². The summed E-state index contributed by atoms with van der Waals surface area (Å²) in [6.07, 6.45) is 2.68. The first kappa shape index (κ1) is 8.09. The summed E-state index contributed by atoms with van der Waals surface area (Å²) in [5.74, 6) is 2.41. The molecular formula is C10H16O2. The Kier molecular flexibility index (Phi) is 1.85. The number of carbonyl (C=O) groups is 1. The third kappa shape index (κ3) is 1.23. The molecular weight excluding hydrogens is 152 g/mol. The fourth-order valence-corrected chi connectivity index (χ4v) is 2.31. The number of rotatable bonds is 3. The summed E-state index contributed by atoms with van der Waals surface area (Å²) < 4.78 is 5.01. The second kappa shape index (κ2) is 2.75. The van der Waals surface area contributed by atoms with Crippen molar-refractivity contribution in [2.24, 2.45) is 23.7 Å². The zero-order valence-corrected chi connectivity index (χ0v) is 7.75. The number of hydrogen-bond donors (Lipinski definition) is 0. The second-order valence-electron chi connectivity index (χ2n) is 4.05. The molecule has 0 amide bonds. The first-order valence-corrected chi connectivity index (χ1v) is 4.92. The molecule has 0 radical (unpaired) electrons. The van der Waals surface area contributed by atoms with Crippen molar-refractivity contribution >= 4 is 5.97 Å². The molecule has 0 N–H and O–H groups in total. The minimum absolute atomic E-state index is 0.0434. The van der Waals surface area contributed by atoms with Crippen LogP contribution in [0.2, 0.25) is 0 Å². The predicted octanol–water partition coefficient (Wildman–Crippen LogP) is 1.84. The van der Waals surface area contributed by atoms with Crippen molar-refractivity contribution < 1.29 is 9.53 Å². The zero-order valence-electron chi connectivity index (χ0n) is 7.75. The van der Waals surface area contributed by atoms with Gasteiger partial charge in [0.2, 0.25) is 0 Å². The van der Waals surface area contributed by atoms with E-state index in [1.165, 1.54) is 12.8 Å². The van der Waals surface area contributed by atoms with Gasteiger partial charge in [0.1, 0.15) is 0 Å². The molecule has 0 aromatic heterocycles. The maximum Gasteiger partial charge on any atom is 0.309 e. The van der Waals surface area contributed by atoms with Gasteiger partial charge in [0, 0.05) is 0 Å². The van der Waals surface area contributed by atoms with Gasteiger partial charge in [-0.05, 0) is 37.5 Å². The Labute approximate surface area is 73.3 Å². The van der Waals surface area contributed by atoms with Gasteiger partial charge in [-0.3, -0.25) is 4.79 Å². The van der Waals surface area contributed by atoms with Crippen LogP contribution in [0.25, 0.3) is 0 Å². The highest BCUT2D eigenvalue weighted by Gasteiger charge is 2.58. The van der Waals surface area contributed by atoms with Crippen molar-refractivity contribution in [2.45, 2.75) is 26.7 Å². The van der Waals surface area contributed by atoms with Gasteiger partial charge in [-0.25, -0.2) is 0 Å². The maximum absolute atomic E-state index is 11.3. The number of carbonyl (C=O) groups excluding carboxylic acids is 1. The lowest BCUT2D eigenvalue weighted by atomic mass is 10.2. The number of ether oxygens (including phenoxy) is 1. The highest BCUT2D eigenvalue weighted by atomic mass is 16.5. The molecule has 2 aliphatic rings. The van der Waals surface area contributed by atoms with Crippen LogP contribution >= 0.6 is 0 Å². The monoisotopic (exact) mass is 168 g/mol. The van der Waals surface area contributed by atoms with Gasteiger partial charge in [-0.1, -0.05) is 6.92 Å². The normalized spacial score (nSPS) is 39.3. The first-order valence-electron chi connectivity index (χ1n) is 4.92. The van der Waals surface area contributed by atoms with Crippen LogP contribution in [0.5, 0.6) is 0 Å². The van der Waals surface area contributed by atoms with Crippen LogP contribution in [0.3, 0.4) is 0 Å². The summed E-state index contributed by atoms with van der Waals surface area (Å²) in [6.45, 7) is 4.57. The summed E-state index contributed by atoms with van der Waals surface area (Å²) in [7, 11) is 0. The molecule has 0 aromatic rings. The lowest BCUT2D eigenvalue weighted by Gasteiger charge is -1.98. The van der Waals surface area contributed by atoms with E-state index in [2.05, 4.69) is 6.92 Å². The van der Waals surface area contributed by atoms with Crippen molar-refractivity contribution in [1.82, 2.24) is 0 Å². The molecule has 2 nitrogen and oxygen atoms in total. The molecule has 0 saturated heterocycles.